The zero-order valence-electron chi connectivity index (χ0n) is 12.4. The van der Waals surface area contributed by atoms with Crippen LogP contribution in [0.15, 0.2) is 24.3 Å². The molecule has 1 N–H and O–H groups in total. The fraction of sp³-hybridized carbons (Fsp3) is 0.571. The van der Waals surface area contributed by atoms with E-state index in [1.54, 1.807) is 38.2 Å². The average Bonchev–Trinajstić information content (AvgIpc) is 2.45. The van der Waals surface area contributed by atoms with Gasteiger partial charge in [0.25, 0.3) is 0 Å². The number of nitrogens with zero attached hydrogens (tertiary/aromatic N) is 2. The van der Waals surface area contributed by atoms with Crippen LogP contribution in [0.3, 0.4) is 0 Å². The van der Waals surface area contributed by atoms with Crippen molar-refractivity contribution in [3.63, 3.8) is 0 Å². The molecule has 0 fully saturated rings. The minimum Gasteiger partial charge on any atom is -0.392 e. The minimum atomic E-state index is -3.52. The van der Waals surface area contributed by atoms with Crippen molar-refractivity contribution in [1.82, 2.24) is 4.31 Å². The van der Waals surface area contributed by atoms with Crippen molar-refractivity contribution in [3.05, 3.63) is 29.8 Å². The summed E-state index contributed by atoms with van der Waals surface area (Å²) in [7, 11) is -1.92. The van der Waals surface area contributed by atoms with Gasteiger partial charge in [0.05, 0.1) is 12.3 Å². The number of aliphatic hydroxyl groups excluding tert-OH is 1. The van der Waals surface area contributed by atoms with Crippen LogP contribution >= 0.6 is 0 Å². The molecule has 0 aromatic heterocycles. The Labute approximate surface area is 122 Å². The first-order valence-electron chi connectivity index (χ1n) is 6.91. The van der Waals surface area contributed by atoms with Gasteiger partial charge in [-0.25, -0.2) is 0 Å². The van der Waals surface area contributed by atoms with Gasteiger partial charge in [-0.3, -0.25) is 4.31 Å². The fourth-order valence-electron chi connectivity index (χ4n) is 1.95. The molecule has 1 rings (SSSR count). The van der Waals surface area contributed by atoms with E-state index in [0.29, 0.717) is 24.3 Å². The van der Waals surface area contributed by atoms with Crippen LogP contribution in [0, 0.1) is 0 Å². The van der Waals surface area contributed by atoms with Gasteiger partial charge in [-0.2, -0.15) is 12.7 Å². The summed E-state index contributed by atoms with van der Waals surface area (Å²) in [6, 6.07) is 6.97. The highest BCUT2D eigenvalue weighted by molar-refractivity contribution is 7.90. The third kappa shape index (κ3) is 3.94. The second-order valence-electron chi connectivity index (χ2n) is 4.68. The molecule has 1 aromatic rings. The molecule has 0 heterocycles. The predicted molar refractivity (Wildman–Crippen MR) is 81.8 cm³/mol. The van der Waals surface area contributed by atoms with Crippen molar-refractivity contribution < 1.29 is 13.5 Å². The average molecular weight is 300 g/mol. The number of hydrogen-bond donors (Lipinski definition) is 1. The lowest BCUT2D eigenvalue weighted by Gasteiger charge is -2.28. The van der Waals surface area contributed by atoms with Crippen LogP contribution in [0.25, 0.3) is 0 Å². The number of benzene rings is 1. The number of anilines is 1. The molecule has 0 spiro atoms. The van der Waals surface area contributed by atoms with E-state index >= 15 is 0 Å². The van der Waals surface area contributed by atoms with Crippen molar-refractivity contribution in [2.45, 2.75) is 33.3 Å². The highest BCUT2D eigenvalue weighted by atomic mass is 32.2. The second kappa shape index (κ2) is 7.61. The molecular formula is C14H24N2O3S. The van der Waals surface area contributed by atoms with Gasteiger partial charge in [-0.15, -0.1) is 0 Å². The zero-order valence-corrected chi connectivity index (χ0v) is 13.2. The van der Waals surface area contributed by atoms with Crippen LogP contribution in [0.4, 0.5) is 5.69 Å². The predicted octanol–water partition coefficient (Wildman–Crippen LogP) is 1.98. The monoisotopic (exact) mass is 300 g/mol. The Morgan fingerprint density at radius 1 is 1.25 bits per heavy atom. The third-order valence-electron chi connectivity index (χ3n) is 3.17. The number of aliphatic hydroxyl groups is 1. The Morgan fingerprint density at radius 2 is 1.95 bits per heavy atom. The molecule has 0 aliphatic heterocycles. The molecule has 0 amide bonds. The molecule has 1 aromatic carbocycles. The molecule has 5 nitrogen and oxygen atoms in total. The van der Waals surface area contributed by atoms with E-state index in [1.165, 1.54) is 8.61 Å². The van der Waals surface area contributed by atoms with Gasteiger partial charge in [0, 0.05) is 20.1 Å². The van der Waals surface area contributed by atoms with E-state index in [-0.39, 0.29) is 6.61 Å². The SMILES string of the molecule is CCCCN(C)S(=O)(=O)N(CC)c1cccc(CO)c1. The molecule has 0 aliphatic carbocycles. The van der Waals surface area contributed by atoms with Crippen molar-refractivity contribution in [1.29, 1.82) is 0 Å². The highest BCUT2D eigenvalue weighted by Crippen LogP contribution is 2.21. The minimum absolute atomic E-state index is 0.100. The Hall–Kier alpha value is -1.11. The van der Waals surface area contributed by atoms with Gasteiger partial charge in [0.1, 0.15) is 0 Å². The Bertz CT molecular complexity index is 517. The van der Waals surface area contributed by atoms with Gasteiger partial charge >= 0.3 is 10.2 Å². The molecule has 114 valence electrons. The maximum Gasteiger partial charge on any atom is 0.303 e. The lowest BCUT2D eigenvalue weighted by Crippen LogP contribution is -2.42. The lowest BCUT2D eigenvalue weighted by molar-refractivity contribution is 0.282. The first-order valence-corrected chi connectivity index (χ1v) is 8.30. The van der Waals surface area contributed by atoms with E-state index in [2.05, 4.69) is 0 Å². The van der Waals surface area contributed by atoms with E-state index in [9.17, 15) is 8.42 Å². The largest absolute Gasteiger partial charge is 0.392 e. The third-order valence-corrected chi connectivity index (χ3v) is 5.16. The van der Waals surface area contributed by atoms with Gasteiger partial charge in [0.15, 0.2) is 0 Å². The number of rotatable bonds is 8. The first-order chi connectivity index (χ1) is 9.47. The maximum absolute atomic E-state index is 12.6. The summed E-state index contributed by atoms with van der Waals surface area (Å²) in [5, 5.41) is 9.17. The van der Waals surface area contributed by atoms with Crippen LogP contribution in [0.5, 0.6) is 0 Å². The van der Waals surface area contributed by atoms with Crippen molar-refractivity contribution in [3.8, 4) is 0 Å². The van der Waals surface area contributed by atoms with Gasteiger partial charge in [-0.1, -0.05) is 25.5 Å². The summed E-state index contributed by atoms with van der Waals surface area (Å²) in [5.74, 6) is 0. The number of hydrogen-bond acceptors (Lipinski definition) is 3. The van der Waals surface area contributed by atoms with Crippen LogP contribution in [0.1, 0.15) is 32.3 Å². The molecule has 0 aliphatic rings. The van der Waals surface area contributed by atoms with Crippen molar-refractivity contribution in [2.24, 2.45) is 0 Å². The molecule has 0 bridgehead atoms. The van der Waals surface area contributed by atoms with Gasteiger partial charge in [-0.05, 0) is 31.0 Å². The summed E-state index contributed by atoms with van der Waals surface area (Å²) >= 11 is 0. The Morgan fingerprint density at radius 3 is 2.50 bits per heavy atom. The Kier molecular flexibility index (Phi) is 6.45. The molecule has 0 saturated heterocycles. The topological polar surface area (TPSA) is 60.9 Å². The van der Waals surface area contributed by atoms with E-state index in [0.717, 1.165) is 12.8 Å². The number of unbranched alkanes of at least 4 members (excludes halogenated alkanes) is 1. The van der Waals surface area contributed by atoms with E-state index in [4.69, 9.17) is 5.11 Å². The highest BCUT2D eigenvalue weighted by Gasteiger charge is 2.25. The molecule has 20 heavy (non-hydrogen) atoms. The second-order valence-corrected chi connectivity index (χ2v) is 6.64. The summed E-state index contributed by atoms with van der Waals surface area (Å²) in [6.45, 7) is 4.60. The summed E-state index contributed by atoms with van der Waals surface area (Å²) < 4.78 is 27.9. The van der Waals surface area contributed by atoms with Crippen LogP contribution in [0.2, 0.25) is 0 Å². The lowest BCUT2D eigenvalue weighted by atomic mass is 10.2. The normalized spacial score (nSPS) is 11.8. The molecular weight excluding hydrogens is 276 g/mol. The van der Waals surface area contributed by atoms with E-state index < -0.39 is 10.2 Å². The first kappa shape index (κ1) is 16.9. The summed E-state index contributed by atoms with van der Waals surface area (Å²) in [4.78, 5) is 0. The summed E-state index contributed by atoms with van der Waals surface area (Å²) in [5.41, 5.74) is 1.29. The van der Waals surface area contributed by atoms with Crippen LogP contribution < -0.4 is 4.31 Å². The quantitative estimate of drug-likeness (QED) is 0.798. The summed E-state index contributed by atoms with van der Waals surface area (Å²) in [6.07, 6.45) is 1.79. The molecule has 0 atom stereocenters. The zero-order chi connectivity index (χ0) is 15.2. The smallest absolute Gasteiger partial charge is 0.303 e. The van der Waals surface area contributed by atoms with Crippen molar-refractivity contribution >= 4 is 15.9 Å². The molecule has 0 unspecified atom stereocenters. The van der Waals surface area contributed by atoms with Crippen molar-refractivity contribution in [2.75, 3.05) is 24.4 Å². The van der Waals surface area contributed by atoms with Crippen LogP contribution in [-0.2, 0) is 16.8 Å². The Balaban J connectivity index is 3.04. The molecule has 0 radical (unpaired) electrons. The molecule has 6 heteroatoms. The fourth-order valence-corrected chi connectivity index (χ4v) is 3.36. The standard InChI is InChI=1S/C14H24N2O3S/c1-4-6-10-15(3)20(18,19)16(5-2)14-9-7-8-13(11-14)12-17/h7-9,11,17H,4-6,10,12H2,1-3H3. The van der Waals surface area contributed by atoms with Crippen LogP contribution in [-0.4, -0.2) is 38.0 Å². The maximum atomic E-state index is 12.6. The van der Waals surface area contributed by atoms with Gasteiger partial charge < -0.3 is 5.11 Å². The van der Waals surface area contributed by atoms with Gasteiger partial charge in [0.2, 0.25) is 0 Å². The van der Waals surface area contributed by atoms with E-state index in [1.807, 2.05) is 6.92 Å². The molecule has 0 saturated carbocycles.